The van der Waals surface area contributed by atoms with Gasteiger partial charge in [0.15, 0.2) is 0 Å². The quantitative estimate of drug-likeness (QED) is 0.814. The number of aryl methyl sites for hydroxylation is 2. The molecule has 0 saturated heterocycles. The molecule has 1 rings (SSSR count). The lowest BCUT2D eigenvalue weighted by molar-refractivity contribution is -0.113. The fraction of sp³-hybridized carbons (Fsp3) is 0.300. The summed E-state index contributed by atoms with van der Waals surface area (Å²) in [5, 5.41) is 2.94. The van der Waals surface area contributed by atoms with Crippen molar-refractivity contribution in [1.82, 2.24) is 0 Å². The Balaban J connectivity index is 3.02. The number of amides is 1. The Morgan fingerprint density at radius 1 is 1.43 bits per heavy atom. The van der Waals surface area contributed by atoms with E-state index in [4.69, 9.17) is 0 Å². The van der Waals surface area contributed by atoms with Gasteiger partial charge in [0.1, 0.15) is 5.82 Å². The molecular weight excluding hydrogens is 249 g/mol. The molecule has 0 saturated carbocycles. The molecule has 1 aromatic rings. The number of hydrogen-bond donors (Lipinski definition) is 1. The first-order valence-corrected chi connectivity index (χ1v) is 5.29. The first-order valence-electron chi connectivity index (χ1n) is 4.17. The highest BCUT2D eigenvalue weighted by molar-refractivity contribution is 9.09. The number of carbonyl (C=O) groups excluding carboxylic acids is 1. The van der Waals surface area contributed by atoms with Crippen LogP contribution < -0.4 is 5.32 Å². The maximum absolute atomic E-state index is 12.9. The molecule has 0 aromatic heterocycles. The lowest BCUT2D eigenvalue weighted by Crippen LogP contribution is -2.14. The van der Waals surface area contributed by atoms with Gasteiger partial charge in [0.05, 0.1) is 5.33 Å². The summed E-state index contributed by atoms with van der Waals surface area (Å²) >= 11 is 3.05. The molecule has 14 heavy (non-hydrogen) atoms. The Hall–Kier alpha value is -0.900. The highest BCUT2D eigenvalue weighted by Crippen LogP contribution is 2.21. The fourth-order valence-corrected chi connectivity index (χ4v) is 1.42. The van der Waals surface area contributed by atoms with E-state index in [1.165, 1.54) is 12.1 Å². The summed E-state index contributed by atoms with van der Waals surface area (Å²) in [6, 6.07) is 2.80. The Morgan fingerprint density at radius 2 is 1.93 bits per heavy atom. The smallest absolute Gasteiger partial charge is 0.235 e. The molecule has 1 N–H and O–H groups in total. The predicted octanol–water partition coefficient (Wildman–Crippen LogP) is 2.78. The normalized spacial score (nSPS) is 10.0. The molecule has 0 aliphatic heterocycles. The zero-order chi connectivity index (χ0) is 10.7. The zero-order valence-corrected chi connectivity index (χ0v) is 9.61. The van der Waals surface area contributed by atoms with Crippen LogP contribution in [0.1, 0.15) is 11.1 Å². The fourth-order valence-electron chi connectivity index (χ4n) is 1.28. The third-order valence-corrected chi connectivity index (χ3v) is 2.39. The molecular formula is C10H11BrFNO. The molecule has 0 aliphatic rings. The summed E-state index contributed by atoms with van der Waals surface area (Å²) < 4.78 is 12.9. The lowest BCUT2D eigenvalue weighted by Gasteiger charge is -2.10. The first-order chi connectivity index (χ1) is 6.54. The number of rotatable bonds is 2. The van der Waals surface area contributed by atoms with Gasteiger partial charge >= 0.3 is 0 Å². The maximum Gasteiger partial charge on any atom is 0.235 e. The molecule has 0 heterocycles. The van der Waals surface area contributed by atoms with Crippen molar-refractivity contribution in [1.29, 1.82) is 0 Å². The van der Waals surface area contributed by atoms with Crippen molar-refractivity contribution in [3.05, 3.63) is 29.1 Å². The Kier molecular flexibility index (Phi) is 3.63. The number of anilines is 1. The van der Waals surface area contributed by atoms with Crippen molar-refractivity contribution < 1.29 is 9.18 Å². The van der Waals surface area contributed by atoms with Crippen LogP contribution in [0.2, 0.25) is 0 Å². The van der Waals surface area contributed by atoms with Gasteiger partial charge < -0.3 is 5.32 Å². The Bertz CT molecular complexity index is 342. The van der Waals surface area contributed by atoms with Crippen LogP contribution in [-0.4, -0.2) is 11.2 Å². The molecule has 0 unspecified atom stereocenters. The second kappa shape index (κ2) is 4.55. The summed E-state index contributed by atoms with van der Waals surface area (Å²) in [5.74, 6) is -0.417. The van der Waals surface area contributed by atoms with Crippen LogP contribution in [-0.2, 0) is 4.79 Å². The third kappa shape index (κ3) is 2.54. The van der Waals surface area contributed by atoms with Gasteiger partial charge in [0, 0.05) is 5.69 Å². The minimum Gasteiger partial charge on any atom is -0.325 e. The van der Waals surface area contributed by atoms with E-state index in [1.807, 2.05) is 0 Å². The topological polar surface area (TPSA) is 29.1 Å². The van der Waals surface area contributed by atoms with E-state index in [2.05, 4.69) is 21.2 Å². The number of nitrogens with one attached hydrogen (secondary N) is 1. The number of benzene rings is 1. The van der Waals surface area contributed by atoms with Gasteiger partial charge in [0.25, 0.3) is 0 Å². The first kappa shape index (κ1) is 11.2. The molecule has 0 fully saturated rings. The molecule has 0 spiro atoms. The average molecular weight is 260 g/mol. The standard InChI is InChI=1S/C10H11BrFNO/c1-6-3-8(12)4-7(2)10(6)13-9(14)5-11/h3-4H,5H2,1-2H3,(H,13,14). The summed E-state index contributed by atoms with van der Waals surface area (Å²) in [7, 11) is 0. The molecule has 1 amide bonds. The number of hydrogen-bond acceptors (Lipinski definition) is 1. The highest BCUT2D eigenvalue weighted by Gasteiger charge is 2.07. The zero-order valence-electron chi connectivity index (χ0n) is 8.03. The monoisotopic (exact) mass is 259 g/mol. The van der Waals surface area contributed by atoms with Crippen LogP contribution in [0.15, 0.2) is 12.1 Å². The minimum absolute atomic E-state index is 0.136. The van der Waals surface area contributed by atoms with E-state index >= 15 is 0 Å². The molecule has 0 aliphatic carbocycles. The van der Waals surface area contributed by atoms with Gasteiger partial charge in [0.2, 0.25) is 5.91 Å². The van der Waals surface area contributed by atoms with Crippen LogP contribution in [0.3, 0.4) is 0 Å². The lowest BCUT2D eigenvalue weighted by atomic mass is 10.1. The van der Waals surface area contributed by atoms with Crippen LogP contribution in [0.5, 0.6) is 0 Å². The van der Waals surface area contributed by atoms with E-state index in [1.54, 1.807) is 13.8 Å². The molecule has 76 valence electrons. The maximum atomic E-state index is 12.9. The van der Waals surface area contributed by atoms with Crippen molar-refractivity contribution in [2.75, 3.05) is 10.6 Å². The summed E-state index contributed by atoms with van der Waals surface area (Å²) in [4.78, 5) is 11.1. The van der Waals surface area contributed by atoms with E-state index in [0.717, 1.165) is 11.1 Å². The molecule has 0 bridgehead atoms. The van der Waals surface area contributed by atoms with E-state index in [9.17, 15) is 9.18 Å². The second-order valence-electron chi connectivity index (χ2n) is 3.10. The average Bonchev–Trinajstić information content (AvgIpc) is 2.10. The third-order valence-electron chi connectivity index (χ3n) is 1.88. The van der Waals surface area contributed by atoms with Crippen molar-refractivity contribution in [2.24, 2.45) is 0 Å². The second-order valence-corrected chi connectivity index (χ2v) is 3.66. The minimum atomic E-state index is -0.281. The highest BCUT2D eigenvalue weighted by atomic mass is 79.9. The van der Waals surface area contributed by atoms with Crippen LogP contribution >= 0.6 is 15.9 Å². The summed E-state index contributed by atoms with van der Waals surface area (Å²) in [5.41, 5.74) is 2.16. The largest absolute Gasteiger partial charge is 0.325 e. The number of halogens is 2. The summed E-state index contributed by atoms with van der Waals surface area (Å²) in [6.45, 7) is 3.53. The Labute approximate surface area is 90.6 Å². The number of carbonyl (C=O) groups is 1. The molecule has 0 radical (unpaired) electrons. The van der Waals surface area contributed by atoms with Crippen molar-refractivity contribution >= 4 is 27.5 Å². The molecule has 0 atom stereocenters. The van der Waals surface area contributed by atoms with Gasteiger partial charge in [-0.25, -0.2) is 4.39 Å². The van der Waals surface area contributed by atoms with E-state index in [0.29, 0.717) is 5.69 Å². The molecule has 1 aromatic carbocycles. The van der Waals surface area contributed by atoms with Crippen LogP contribution in [0.25, 0.3) is 0 Å². The van der Waals surface area contributed by atoms with Gasteiger partial charge in [-0.2, -0.15) is 0 Å². The van der Waals surface area contributed by atoms with E-state index in [-0.39, 0.29) is 17.1 Å². The van der Waals surface area contributed by atoms with Crippen molar-refractivity contribution in [2.45, 2.75) is 13.8 Å². The van der Waals surface area contributed by atoms with Crippen molar-refractivity contribution in [3.8, 4) is 0 Å². The van der Waals surface area contributed by atoms with E-state index < -0.39 is 0 Å². The van der Waals surface area contributed by atoms with Crippen LogP contribution in [0, 0.1) is 19.7 Å². The Morgan fingerprint density at radius 3 is 2.36 bits per heavy atom. The number of alkyl halides is 1. The molecule has 4 heteroatoms. The van der Waals surface area contributed by atoms with Gasteiger partial charge in [-0.05, 0) is 37.1 Å². The van der Waals surface area contributed by atoms with Gasteiger partial charge in [-0.3, -0.25) is 4.79 Å². The predicted molar refractivity (Wildman–Crippen MR) is 58.3 cm³/mol. The van der Waals surface area contributed by atoms with Gasteiger partial charge in [-0.15, -0.1) is 0 Å². The van der Waals surface area contributed by atoms with Crippen LogP contribution in [0.4, 0.5) is 10.1 Å². The SMILES string of the molecule is Cc1cc(F)cc(C)c1NC(=O)CBr. The van der Waals surface area contributed by atoms with Crippen molar-refractivity contribution in [3.63, 3.8) is 0 Å². The van der Waals surface area contributed by atoms with Gasteiger partial charge in [-0.1, -0.05) is 15.9 Å². The summed E-state index contributed by atoms with van der Waals surface area (Å²) in [6.07, 6.45) is 0. The molecule has 2 nitrogen and oxygen atoms in total.